The maximum absolute atomic E-state index is 12.9. The summed E-state index contributed by atoms with van der Waals surface area (Å²) in [4.78, 5) is 25.8. The Balaban J connectivity index is 1.44. The van der Waals surface area contributed by atoms with E-state index in [1.165, 1.54) is 12.1 Å². The van der Waals surface area contributed by atoms with E-state index in [4.69, 9.17) is 9.47 Å². The zero-order valence-electron chi connectivity index (χ0n) is 23.6. The molecule has 0 fully saturated rings. The lowest BCUT2D eigenvalue weighted by molar-refractivity contribution is -0.126. The third-order valence-electron chi connectivity index (χ3n) is 6.77. The molecule has 0 saturated heterocycles. The molecule has 0 heterocycles. The molecular weight excluding hydrogens is 548 g/mol. The van der Waals surface area contributed by atoms with Gasteiger partial charge in [0.2, 0.25) is 0 Å². The van der Waals surface area contributed by atoms with Crippen LogP contribution in [0.15, 0.2) is 109 Å². The fraction of sp³-hybridized carbons (Fsp3) is 0.235. The molecule has 0 aliphatic heterocycles. The summed E-state index contributed by atoms with van der Waals surface area (Å²) < 4.78 is 11.0. The highest BCUT2D eigenvalue weighted by molar-refractivity contribution is 5.78. The molecule has 0 unspecified atom stereocenters. The summed E-state index contributed by atoms with van der Waals surface area (Å²) in [6.45, 7) is -0.684. The first-order valence-electron chi connectivity index (χ1n) is 14.0. The smallest absolute Gasteiger partial charge is 0.258 e. The average Bonchev–Trinajstić information content (AvgIpc) is 3.01. The Bertz CT molecular complexity index is 1450. The predicted molar refractivity (Wildman–Crippen MR) is 162 cm³/mol. The molecule has 224 valence electrons. The molecule has 0 bridgehead atoms. The molecule has 43 heavy (non-hydrogen) atoms. The Morgan fingerprint density at radius 2 is 1.05 bits per heavy atom. The van der Waals surface area contributed by atoms with Crippen molar-refractivity contribution in [3.63, 3.8) is 0 Å². The zero-order valence-corrected chi connectivity index (χ0v) is 23.6. The maximum Gasteiger partial charge on any atom is 0.258 e. The van der Waals surface area contributed by atoms with Crippen molar-refractivity contribution in [3.05, 3.63) is 120 Å². The van der Waals surface area contributed by atoms with E-state index in [-0.39, 0.29) is 42.6 Å². The lowest BCUT2D eigenvalue weighted by atomic mass is 9.93. The van der Waals surface area contributed by atoms with Crippen LogP contribution < -0.4 is 20.1 Å². The quantitative estimate of drug-likeness (QED) is 0.144. The van der Waals surface area contributed by atoms with Crippen molar-refractivity contribution in [2.75, 3.05) is 13.2 Å². The van der Waals surface area contributed by atoms with Gasteiger partial charge in [-0.2, -0.15) is 0 Å². The first-order chi connectivity index (χ1) is 20.9. The molecule has 3 atom stereocenters. The molecule has 0 aliphatic carbocycles. The number of ether oxygens (including phenoxy) is 2. The van der Waals surface area contributed by atoms with E-state index in [9.17, 15) is 24.9 Å². The summed E-state index contributed by atoms with van der Waals surface area (Å²) in [6, 6.07) is 30.6. The normalized spacial score (nSPS) is 12.9. The van der Waals surface area contributed by atoms with Crippen LogP contribution in [0.5, 0.6) is 23.0 Å². The van der Waals surface area contributed by atoms with Gasteiger partial charge in [-0.1, -0.05) is 84.9 Å². The van der Waals surface area contributed by atoms with Gasteiger partial charge < -0.3 is 35.4 Å². The molecule has 0 spiro atoms. The number of phenols is 2. The van der Waals surface area contributed by atoms with Crippen LogP contribution in [0.3, 0.4) is 0 Å². The van der Waals surface area contributed by atoms with Crippen molar-refractivity contribution >= 4 is 11.8 Å². The topological polar surface area (TPSA) is 137 Å². The van der Waals surface area contributed by atoms with Gasteiger partial charge in [0.15, 0.2) is 36.2 Å². The monoisotopic (exact) mass is 584 g/mol. The highest BCUT2D eigenvalue weighted by Gasteiger charge is 2.26. The number of nitrogens with one attached hydrogen (secondary N) is 2. The second-order valence-corrected chi connectivity index (χ2v) is 10.1. The minimum Gasteiger partial charge on any atom is -0.504 e. The minimum atomic E-state index is -1.04. The molecule has 9 nitrogen and oxygen atoms in total. The van der Waals surface area contributed by atoms with Gasteiger partial charge in [-0.25, -0.2) is 0 Å². The molecule has 4 aromatic carbocycles. The van der Waals surface area contributed by atoms with Gasteiger partial charge in [-0.15, -0.1) is 0 Å². The standard InChI is InChI=1S/C34H36N2O7/c37-28-15-7-9-17-31(28)42-22-33(40)35-26(19-24-11-3-1-4-12-24)21-30(39)27(20-25-13-5-2-6-14-25)36-34(41)23-43-32-18-10-8-16-29(32)38/h1-18,26-27,30,37-39H,19-23H2,(H,35,40)(H,36,41)/t26-,27-,30+/m0/s1. The van der Waals surface area contributed by atoms with Gasteiger partial charge in [0.25, 0.3) is 11.8 Å². The van der Waals surface area contributed by atoms with Gasteiger partial charge in [0.1, 0.15) is 0 Å². The molecule has 0 saturated carbocycles. The van der Waals surface area contributed by atoms with Crippen molar-refractivity contribution in [2.24, 2.45) is 0 Å². The van der Waals surface area contributed by atoms with Crippen LogP contribution in [0.4, 0.5) is 0 Å². The van der Waals surface area contributed by atoms with Crippen molar-refractivity contribution < 1.29 is 34.4 Å². The highest BCUT2D eigenvalue weighted by atomic mass is 16.5. The molecule has 4 rings (SSSR count). The van der Waals surface area contributed by atoms with E-state index < -0.39 is 30.0 Å². The van der Waals surface area contributed by atoms with E-state index in [1.54, 1.807) is 36.4 Å². The Kier molecular flexibility index (Phi) is 11.4. The van der Waals surface area contributed by atoms with Crippen molar-refractivity contribution in [1.29, 1.82) is 0 Å². The van der Waals surface area contributed by atoms with E-state index >= 15 is 0 Å². The van der Waals surface area contributed by atoms with Crippen LogP contribution in [0.2, 0.25) is 0 Å². The SMILES string of the molecule is O=C(COc1ccccc1O)N[C@@H](Cc1ccccc1)C[C@@H](O)[C@H](Cc1ccccc1)NC(=O)COc1ccccc1O. The van der Waals surface area contributed by atoms with Crippen molar-refractivity contribution in [2.45, 2.75) is 37.5 Å². The van der Waals surface area contributed by atoms with Crippen LogP contribution in [0.25, 0.3) is 0 Å². The van der Waals surface area contributed by atoms with Crippen LogP contribution in [-0.4, -0.2) is 58.5 Å². The van der Waals surface area contributed by atoms with Crippen LogP contribution in [0.1, 0.15) is 17.5 Å². The van der Waals surface area contributed by atoms with Crippen molar-refractivity contribution in [3.8, 4) is 23.0 Å². The van der Waals surface area contributed by atoms with Crippen LogP contribution >= 0.6 is 0 Å². The summed E-state index contributed by atoms with van der Waals surface area (Å²) in [5.41, 5.74) is 1.87. The van der Waals surface area contributed by atoms with E-state index in [2.05, 4.69) is 10.6 Å². The lowest BCUT2D eigenvalue weighted by Gasteiger charge is -2.28. The Labute approximate surface area is 250 Å². The summed E-state index contributed by atoms with van der Waals surface area (Å²) in [5.74, 6) is -0.679. The largest absolute Gasteiger partial charge is 0.504 e. The maximum atomic E-state index is 12.9. The number of carbonyl (C=O) groups is 2. The lowest BCUT2D eigenvalue weighted by Crippen LogP contribution is -2.50. The fourth-order valence-electron chi connectivity index (χ4n) is 4.66. The van der Waals surface area contributed by atoms with E-state index in [0.29, 0.717) is 12.8 Å². The second-order valence-electron chi connectivity index (χ2n) is 10.1. The fourth-order valence-corrected chi connectivity index (χ4v) is 4.66. The number of aliphatic hydroxyl groups is 1. The summed E-state index contributed by atoms with van der Waals surface area (Å²) in [5, 5.41) is 37.1. The number of carbonyl (C=O) groups excluding carboxylic acids is 2. The average molecular weight is 585 g/mol. The number of aliphatic hydroxyl groups excluding tert-OH is 1. The van der Waals surface area contributed by atoms with Crippen molar-refractivity contribution in [1.82, 2.24) is 10.6 Å². The molecule has 0 aliphatic rings. The highest BCUT2D eigenvalue weighted by Crippen LogP contribution is 2.25. The number of hydrogen-bond acceptors (Lipinski definition) is 7. The first-order valence-corrected chi connectivity index (χ1v) is 14.0. The van der Waals surface area contributed by atoms with Gasteiger partial charge in [-0.05, 0) is 54.7 Å². The third kappa shape index (κ3) is 10.1. The number of para-hydroxylation sites is 4. The van der Waals surface area contributed by atoms with Crippen LogP contribution in [-0.2, 0) is 22.4 Å². The van der Waals surface area contributed by atoms with Gasteiger partial charge >= 0.3 is 0 Å². The Morgan fingerprint density at radius 1 is 0.605 bits per heavy atom. The molecule has 0 radical (unpaired) electrons. The number of rotatable bonds is 15. The predicted octanol–water partition coefficient (Wildman–Crippen LogP) is 3.76. The number of hydrogen-bond donors (Lipinski definition) is 5. The molecule has 2 amide bonds. The first kappa shape index (κ1) is 30.9. The Morgan fingerprint density at radius 3 is 1.56 bits per heavy atom. The van der Waals surface area contributed by atoms with E-state index in [1.807, 2.05) is 60.7 Å². The number of amides is 2. The summed E-state index contributed by atoms with van der Waals surface area (Å²) in [7, 11) is 0. The van der Waals surface area contributed by atoms with Gasteiger partial charge in [0, 0.05) is 6.04 Å². The molecule has 4 aromatic rings. The second kappa shape index (κ2) is 15.8. The molecular formula is C34H36N2O7. The van der Waals surface area contributed by atoms with E-state index in [0.717, 1.165) is 11.1 Å². The van der Waals surface area contributed by atoms with Gasteiger partial charge in [0.05, 0.1) is 12.1 Å². The summed E-state index contributed by atoms with van der Waals surface area (Å²) >= 11 is 0. The molecule has 9 heteroatoms. The zero-order chi connectivity index (χ0) is 30.4. The number of aromatic hydroxyl groups is 2. The minimum absolute atomic E-state index is 0.0718. The third-order valence-corrected chi connectivity index (χ3v) is 6.77. The van der Waals surface area contributed by atoms with Gasteiger partial charge in [-0.3, -0.25) is 9.59 Å². The number of phenolic OH excluding ortho intramolecular Hbond substituents is 2. The molecule has 0 aromatic heterocycles. The summed E-state index contributed by atoms with van der Waals surface area (Å²) in [6.07, 6.45) is -0.132. The number of benzene rings is 4. The molecule has 5 N–H and O–H groups in total. The van der Waals surface area contributed by atoms with Crippen LogP contribution in [0, 0.1) is 0 Å². The Hall–Kier alpha value is -5.02.